The predicted octanol–water partition coefficient (Wildman–Crippen LogP) is 3.79. The van der Waals surface area contributed by atoms with Crippen LogP contribution in [0.4, 0.5) is 0 Å². The first-order valence-corrected chi connectivity index (χ1v) is 6.44. The van der Waals surface area contributed by atoms with Crippen molar-refractivity contribution in [1.29, 1.82) is 0 Å². The number of rotatable bonds is 2. The Kier molecular flexibility index (Phi) is 3.26. The van der Waals surface area contributed by atoms with E-state index in [0.29, 0.717) is 0 Å². The second kappa shape index (κ2) is 3.81. The van der Waals surface area contributed by atoms with Crippen LogP contribution in [-0.2, 0) is 10.2 Å². The molecular formula is C10H17NOS2. The maximum Gasteiger partial charge on any atom is 0.142 e. The number of hydrogen-bond acceptors (Lipinski definition) is 4. The van der Waals surface area contributed by atoms with Gasteiger partial charge in [0.25, 0.3) is 0 Å². The van der Waals surface area contributed by atoms with Crippen molar-refractivity contribution in [2.24, 2.45) is 0 Å². The SMILES string of the molecule is CC(C)(C)c1cc(C(C)(C)SS)no1. The van der Waals surface area contributed by atoms with Gasteiger partial charge in [-0.2, -0.15) is 0 Å². The maximum absolute atomic E-state index is 5.32. The normalized spacial score (nSPS) is 13.3. The van der Waals surface area contributed by atoms with E-state index < -0.39 is 0 Å². The lowest BCUT2D eigenvalue weighted by molar-refractivity contribution is 0.323. The minimum Gasteiger partial charge on any atom is -0.361 e. The lowest BCUT2D eigenvalue weighted by Crippen LogP contribution is -2.11. The van der Waals surface area contributed by atoms with Crippen molar-refractivity contribution in [3.8, 4) is 0 Å². The van der Waals surface area contributed by atoms with Gasteiger partial charge in [-0.15, -0.1) is 11.7 Å². The lowest BCUT2D eigenvalue weighted by Gasteiger charge is -2.17. The summed E-state index contributed by atoms with van der Waals surface area (Å²) in [6.07, 6.45) is 0. The molecule has 4 heteroatoms. The van der Waals surface area contributed by atoms with E-state index in [1.807, 2.05) is 6.07 Å². The first-order valence-electron chi connectivity index (χ1n) is 4.57. The summed E-state index contributed by atoms with van der Waals surface area (Å²) in [7, 11) is 1.48. The molecule has 0 aliphatic carbocycles. The summed E-state index contributed by atoms with van der Waals surface area (Å²) in [5.74, 6) is 0.919. The molecule has 0 radical (unpaired) electrons. The Bertz CT molecular complexity index is 312. The first kappa shape index (κ1) is 12.0. The molecule has 0 atom stereocenters. The van der Waals surface area contributed by atoms with Crippen LogP contribution in [0.5, 0.6) is 0 Å². The van der Waals surface area contributed by atoms with E-state index in [2.05, 4.69) is 51.4 Å². The number of thiol groups is 1. The van der Waals surface area contributed by atoms with Gasteiger partial charge in [0.15, 0.2) is 0 Å². The molecule has 0 N–H and O–H groups in total. The Morgan fingerprint density at radius 2 is 1.86 bits per heavy atom. The molecule has 0 spiro atoms. The highest BCUT2D eigenvalue weighted by molar-refractivity contribution is 8.68. The highest BCUT2D eigenvalue weighted by atomic mass is 33.1. The molecule has 1 aromatic heterocycles. The third-order valence-corrected chi connectivity index (χ3v) is 4.13. The molecule has 0 aliphatic heterocycles. The van der Waals surface area contributed by atoms with Crippen LogP contribution >= 0.6 is 22.5 Å². The summed E-state index contributed by atoms with van der Waals surface area (Å²) in [5.41, 5.74) is 0.963. The molecule has 0 saturated carbocycles. The molecule has 1 rings (SSSR count). The standard InChI is InChI=1S/C10H17NOS2/c1-9(2,3)8-6-7(11-12-8)10(4,5)14-13/h6,13H,1-5H3. The zero-order chi connectivity index (χ0) is 11.0. The van der Waals surface area contributed by atoms with E-state index in [9.17, 15) is 0 Å². The molecule has 0 bridgehead atoms. The van der Waals surface area contributed by atoms with Gasteiger partial charge in [0.2, 0.25) is 0 Å². The molecule has 0 unspecified atom stereocenters. The Hall–Kier alpha value is -0.0900. The molecule has 14 heavy (non-hydrogen) atoms. The highest BCUT2D eigenvalue weighted by Gasteiger charge is 2.27. The Labute approximate surface area is 94.6 Å². The third kappa shape index (κ3) is 2.48. The van der Waals surface area contributed by atoms with Gasteiger partial charge in [-0.25, -0.2) is 0 Å². The van der Waals surface area contributed by atoms with Gasteiger partial charge in [-0.1, -0.05) is 36.7 Å². The van der Waals surface area contributed by atoms with Crippen molar-refractivity contribution in [2.75, 3.05) is 0 Å². The van der Waals surface area contributed by atoms with Crippen molar-refractivity contribution in [3.05, 3.63) is 17.5 Å². The minimum atomic E-state index is -0.101. The minimum absolute atomic E-state index is 0.0165. The van der Waals surface area contributed by atoms with Gasteiger partial charge in [0.1, 0.15) is 11.5 Å². The van der Waals surface area contributed by atoms with Gasteiger partial charge in [-0.05, 0) is 13.8 Å². The largest absolute Gasteiger partial charge is 0.361 e. The summed E-state index contributed by atoms with van der Waals surface area (Å²) in [6.45, 7) is 10.5. The molecule has 0 amide bonds. The quantitative estimate of drug-likeness (QED) is 0.619. The zero-order valence-electron chi connectivity index (χ0n) is 9.29. The summed E-state index contributed by atoms with van der Waals surface area (Å²) in [6, 6.07) is 2.02. The fourth-order valence-corrected chi connectivity index (χ4v) is 1.43. The fraction of sp³-hybridized carbons (Fsp3) is 0.700. The van der Waals surface area contributed by atoms with Crippen LogP contribution in [0.25, 0.3) is 0 Å². The maximum atomic E-state index is 5.32. The second-order valence-corrected chi connectivity index (χ2v) is 6.68. The van der Waals surface area contributed by atoms with E-state index in [4.69, 9.17) is 4.52 Å². The number of aromatic nitrogens is 1. The van der Waals surface area contributed by atoms with E-state index in [0.717, 1.165) is 11.5 Å². The molecule has 0 fully saturated rings. The van der Waals surface area contributed by atoms with Crippen molar-refractivity contribution in [3.63, 3.8) is 0 Å². The smallest absolute Gasteiger partial charge is 0.142 e. The summed E-state index contributed by atoms with van der Waals surface area (Å²) < 4.78 is 5.22. The average Bonchev–Trinajstić information content (AvgIpc) is 2.51. The zero-order valence-corrected chi connectivity index (χ0v) is 11.0. The van der Waals surface area contributed by atoms with E-state index in [1.165, 1.54) is 10.8 Å². The second-order valence-electron chi connectivity index (χ2n) is 4.93. The summed E-state index contributed by atoms with van der Waals surface area (Å²) >= 11 is 4.23. The van der Waals surface area contributed by atoms with E-state index >= 15 is 0 Å². The lowest BCUT2D eigenvalue weighted by atomic mass is 9.92. The van der Waals surface area contributed by atoms with Crippen molar-refractivity contribution in [1.82, 2.24) is 5.16 Å². The van der Waals surface area contributed by atoms with Gasteiger partial charge < -0.3 is 4.52 Å². The highest BCUT2D eigenvalue weighted by Crippen LogP contribution is 2.38. The van der Waals surface area contributed by atoms with Crippen molar-refractivity contribution < 1.29 is 4.52 Å². The Morgan fingerprint density at radius 3 is 2.21 bits per heavy atom. The Balaban J connectivity index is 3.00. The molecule has 0 aromatic carbocycles. The van der Waals surface area contributed by atoms with Gasteiger partial charge >= 0.3 is 0 Å². The average molecular weight is 231 g/mol. The monoisotopic (exact) mass is 231 g/mol. The van der Waals surface area contributed by atoms with Crippen LogP contribution in [0.2, 0.25) is 0 Å². The van der Waals surface area contributed by atoms with Gasteiger partial charge in [0, 0.05) is 11.5 Å². The predicted molar refractivity (Wildman–Crippen MR) is 64.8 cm³/mol. The summed E-state index contributed by atoms with van der Waals surface area (Å²) in [4.78, 5) is 0. The van der Waals surface area contributed by atoms with Crippen LogP contribution < -0.4 is 0 Å². The number of hydrogen-bond donors (Lipinski definition) is 1. The van der Waals surface area contributed by atoms with Crippen molar-refractivity contribution in [2.45, 2.75) is 44.8 Å². The van der Waals surface area contributed by atoms with Crippen LogP contribution in [0.1, 0.15) is 46.1 Å². The van der Waals surface area contributed by atoms with E-state index in [-0.39, 0.29) is 10.2 Å². The fourth-order valence-electron chi connectivity index (χ4n) is 0.959. The topological polar surface area (TPSA) is 26.0 Å². The van der Waals surface area contributed by atoms with Crippen molar-refractivity contribution >= 4 is 22.5 Å². The first-order chi connectivity index (χ1) is 6.27. The van der Waals surface area contributed by atoms with E-state index in [1.54, 1.807) is 0 Å². The molecule has 0 saturated heterocycles. The van der Waals surface area contributed by atoms with Crippen LogP contribution in [0.3, 0.4) is 0 Å². The number of nitrogens with zero attached hydrogens (tertiary/aromatic N) is 1. The van der Waals surface area contributed by atoms with Crippen LogP contribution in [-0.4, -0.2) is 5.16 Å². The molecule has 1 aromatic rings. The van der Waals surface area contributed by atoms with Crippen LogP contribution in [0, 0.1) is 0 Å². The van der Waals surface area contributed by atoms with Gasteiger partial charge in [-0.3, -0.25) is 0 Å². The molecular weight excluding hydrogens is 214 g/mol. The molecule has 80 valence electrons. The summed E-state index contributed by atoms with van der Waals surface area (Å²) in [5, 5.41) is 4.08. The third-order valence-electron chi connectivity index (χ3n) is 2.09. The van der Waals surface area contributed by atoms with Crippen LogP contribution in [0.15, 0.2) is 10.6 Å². The molecule has 2 nitrogen and oxygen atoms in total. The Morgan fingerprint density at radius 1 is 1.29 bits per heavy atom. The molecule has 1 heterocycles. The van der Waals surface area contributed by atoms with Gasteiger partial charge in [0.05, 0.1) is 4.75 Å². The molecule has 0 aliphatic rings.